The van der Waals surface area contributed by atoms with Gasteiger partial charge in [-0.1, -0.05) is 54.6 Å². The Hall–Kier alpha value is -3.55. The van der Waals surface area contributed by atoms with Crippen molar-refractivity contribution in [3.63, 3.8) is 0 Å². The van der Waals surface area contributed by atoms with E-state index in [0.29, 0.717) is 5.56 Å². The van der Waals surface area contributed by atoms with Crippen LogP contribution in [-0.4, -0.2) is 20.8 Å². The molecule has 152 valence electrons. The predicted octanol–water partition coefficient (Wildman–Crippen LogP) is 3.96. The average molecular weight is 404 g/mol. The van der Waals surface area contributed by atoms with Crippen LogP contribution in [0.5, 0.6) is 0 Å². The lowest BCUT2D eigenvalue weighted by Gasteiger charge is -2.25. The van der Waals surface area contributed by atoms with E-state index in [9.17, 15) is 20.0 Å². The number of nitrogens with zero attached hydrogens (tertiary/aromatic N) is 2. The number of amides is 1. The smallest absolute Gasteiger partial charge is 0.269 e. The van der Waals surface area contributed by atoms with Gasteiger partial charge in [-0.2, -0.15) is 0 Å². The zero-order valence-electron chi connectivity index (χ0n) is 16.1. The minimum atomic E-state index is -0.568. The highest BCUT2D eigenvalue weighted by Gasteiger charge is 2.37. The largest absolute Gasteiger partial charge is 0.392 e. The number of nitro groups is 1. The summed E-state index contributed by atoms with van der Waals surface area (Å²) in [7, 11) is 0. The number of nitro benzene ring substituents is 1. The van der Waals surface area contributed by atoms with E-state index in [-0.39, 0.29) is 31.4 Å². The van der Waals surface area contributed by atoms with Gasteiger partial charge in [0, 0.05) is 29.8 Å². The summed E-state index contributed by atoms with van der Waals surface area (Å²) in [4.78, 5) is 25.1. The van der Waals surface area contributed by atoms with E-state index in [0.717, 1.165) is 22.3 Å². The standard InChI is InChI=1S/C23H20N2O5/c26-14-17-4-3-5-18(12-17)15-30-23-21-7-2-1-6-20(21)22(27)24(23)13-16-8-10-19(11-9-16)25(28)29/h1-12,23,26H,13-15H2. The Morgan fingerprint density at radius 1 is 0.967 bits per heavy atom. The average Bonchev–Trinajstić information content (AvgIpc) is 3.04. The minimum Gasteiger partial charge on any atom is -0.392 e. The molecular formula is C23H20N2O5. The lowest BCUT2D eigenvalue weighted by molar-refractivity contribution is -0.384. The van der Waals surface area contributed by atoms with Gasteiger partial charge in [0.2, 0.25) is 0 Å². The third kappa shape index (κ3) is 3.94. The SMILES string of the molecule is O=C1c2ccccc2C(OCc2cccc(CO)c2)N1Cc1ccc([N+](=O)[O-])cc1. The quantitative estimate of drug-likeness (QED) is 0.475. The van der Waals surface area contributed by atoms with Gasteiger partial charge in [-0.15, -0.1) is 0 Å². The van der Waals surface area contributed by atoms with Crippen molar-refractivity contribution in [2.24, 2.45) is 0 Å². The molecule has 0 spiro atoms. The van der Waals surface area contributed by atoms with Gasteiger partial charge >= 0.3 is 0 Å². The molecule has 0 aliphatic carbocycles. The fourth-order valence-corrected chi connectivity index (χ4v) is 3.58. The number of hydrogen-bond acceptors (Lipinski definition) is 5. The molecule has 0 radical (unpaired) electrons. The zero-order chi connectivity index (χ0) is 21.1. The molecule has 1 aliphatic rings. The number of aliphatic hydroxyl groups is 1. The molecule has 1 aliphatic heterocycles. The zero-order valence-corrected chi connectivity index (χ0v) is 16.1. The van der Waals surface area contributed by atoms with Crippen LogP contribution >= 0.6 is 0 Å². The van der Waals surface area contributed by atoms with Crippen LogP contribution in [0.3, 0.4) is 0 Å². The molecule has 7 nitrogen and oxygen atoms in total. The summed E-state index contributed by atoms with van der Waals surface area (Å²) in [6.07, 6.45) is -0.568. The van der Waals surface area contributed by atoms with E-state index >= 15 is 0 Å². The molecule has 1 unspecified atom stereocenters. The molecule has 4 rings (SSSR count). The molecule has 30 heavy (non-hydrogen) atoms. The maximum Gasteiger partial charge on any atom is 0.269 e. The number of ether oxygens (including phenoxy) is 1. The Balaban J connectivity index is 1.57. The first kappa shape index (κ1) is 19.8. The lowest BCUT2D eigenvalue weighted by atomic mass is 10.1. The van der Waals surface area contributed by atoms with E-state index in [1.807, 2.05) is 42.5 Å². The van der Waals surface area contributed by atoms with Gasteiger partial charge in [0.1, 0.15) is 0 Å². The highest BCUT2D eigenvalue weighted by molar-refractivity contribution is 5.98. The first-order valence-electron chi connectivity index (χ1n) is 9.50. The molecule has 7 heteroatoms. The molecule has 0 saturated carbocycles. The Bertz CT molecular complexity index is 1080. The highest BCUT2D eigenvalue weighted by atomic mass is 16.6. The van der Waals surface area contributed by atoms with Gasteiger partial charge in [0.25, 0.3) is 11.6 Å². The van der Waals surface area contributed by atoms with Crippen molar-refractivity contribution < 1.29 is 19.6 Å². The second-order valence-corrected chi connectivity index (χ2v) is 7.09. The first-order chi connectivity index (χ1) is 14.6. The van der Waals surface area contributed by atoms with Crippen molar-refractivity contribution in [2.75, 3.05) is 0 Å². The Morgan fingerprint density at radius 3 is 2.43 bits per heavy atom. The van der Waals surface area contributed by atoms with Crippen molar-refractivity contribution in [1.82, 2.24) is 4.90 Å². The maximum absolute atomic E-state index is 13.0. The van der Waals surface area contributed by atoms with Crippen LogP contribution < -0.4 is 0 Å². The fraction of sp³-hybridized carbons (Fsp3) is 0.174. The van der Waals surface area contributed by atoms with Crippen LogP contribution in [0.2, 0.25) is 0 Å². The van der Waals surface area contributed by atoms with Crippen molar-refractivity contribution in [3.8, 4) is 0 Å². The van der Waals surface area contributed by atoms with Crippen LogP contribution in [0, 0.1) is 10.1 Å². The van der Waals surface area contributed by atoms with E-state index in [1.54, 1.807) is 23.1 Å². The van der Waals surface area contributed by atoms with Crippen molar-refractivity contribution >= 4 is 11.6 Å². The fourth-order valence-electron chi connectivity index (χ4n) is 3.58. The predicted molar refractivity (Wildman–Crippen MR) is 109 cm³/mol. The van der Waals surface area contributed by atoms with Gasteiger partial charge in [-0.3, -0.25) is 14.9 Å². The van der Waals surface area contributed by atoms with Gasteiger partial charge in [0.05, 0.1) is 18.1 Å². The normalized spacial score (nSPS) is 15.3. The number of hydrogen-bond donors (Lipinski definition) is 1. The monoisotopic (exact) mass is 404 g/mol. The lowest BCUT2D eigenvalue weighted by Crippen LogP contribution is -2.29. The number of carbonyl (C=O) groups is 1. The Kier molecular flexibility index (Phi) is 5.56. The van der Waals surface area contributed by atoms with Crippen molar-refractivity contribution in [2.45, 2.75) is 26.0 Å². The maximum atomic E-state index is 13.0. The van der Waals surface area contributed by atoms with E-state index in [4.69, 9.17) is 4.74 Å². The molecule has 1 amide bonds. The molecule has 0 aromatic heterocycles. The number of benzene rings is 3. The minimum absolute atomic E-state index is 0.00588. The molecule has 1 atom stereocenters. The molecule has 0 bridgehead atoms. The summed E-state index contributed by atoms with van der Waals surface area (Å²) in [6, 6.07) is 20.9. The summed E-state index contributed by atoms with van der Waals surface area (Å²) < 4.78 is 6.15. The first-order valence-corrected chi connectivity index (χ1v) is 9.50. The number of non-ortho nitro benzene ring substituents is 1. The molecule has 0 saturated heterocycles. The van der Waals surface area contributed by atoms with Gasteiger partial charge in [0.15, 0.2) is 6.23 Å². The molecular weight excluding hydrogens is 384 g/mol. The van der Waals surface area contributed by atoms with E-state index in [1.165, 1.54) is 12.1 Å². The molecule has 0 fully saturated rings. The Morgan fingerprint density at radius 2 is 1.70 bits per heavy atom. The molecule has 1 N–H and O–H groups in total. The van der Waals surface area contributed by atoms with E-state index in [2.05, 4.69) is 0 Å². The Labute approximate surface area is 173 Å². The summed E-state index contributed by atoms with van der Waals surface area (Å²) >= 11 is 0. The summed E-state index contributed by atoms with van der Waals surface area (Å²) in [5.74, 6) is -0.141. The van der Waals surface area contributed by atoms with Crippen molar-refractivity contribution in [1.29, 1.82) is 0 Å². The number of aliphatic hydroxyl groups excluding tert-OH is 1. The number of carbonyl (C=O) groups excluding carboxylic acids is 1. The second kappa shape index (κ2) is 8.44. The summed E-state index contributed by atoms with van der Waals surface area (Å²) in [5, 5.41) is 20.2. The molecule has 3 aromatic rings. The third-order valence-electron chi connectivity index (χ3n) is 5.08. The van der Waals surface area contributed by atoms with Crippen LogP contribution in [0.15, 0.2) is 72.8 Å². The van der Waals surface area contributed by atoms with Gasteiger partial charge < -0.3 is 14.7 Å². The second-order valence-electron chi connectivity index (χ2n) is 7.09. The molecule has 1 heterocycles. The van der Waals surface area contributed by atoms with Crippen LogP contribution in [-0.2, 0) is 24.5 Å². The van der Waals surface area contributed by atoms with Crippen LogP contribution in [0.25, 0.3) is 0 Å². The van der Waals surface area contributed by atoms with Crippen LogP contribution in [0.1, 0.15) is 38.8 Å². The van der Waals surface area contributed by atoms with Crippen LogP contribution in [0.4, 0.5) is 5.69 Å². The summed E-state index contributed by atoms with van der Waals surface area (Å²) in [5.41, 5.74) is 3.86. The highest BCUT2D eigenvalue weighted by Crippen LogP contribution is 2.36. The number of fused-ring (bicyclic) bond motifs is 1. The van der Waals surface area contributed by atoms with Gasteiger partial charge in [-0.25, -0.2) is 0 Å². The van der Waals surface area contributed by atoms with Gasteiger partial charge in [-0.05, 0) is 22.8 Å². The number of rotatable bonds is 7. The third-order valence-corrected chi connectivity index (χ3v) is 5.08. The summed E-state index contributed by atoms with van der Waals surface area (Å²) in [6.45, 7) is 0.495. The van der Waals surface area contributed by atoms with E-state index < -0.39 is 11.2 Å². The van der Waals surface area contributed by atoms with Crippen molar-refractivity contribution in [3.05, 3.63) is 111 Å². The molecule has 3 aromatic carbocycles. The topological polar surface area (TPSA) is 92.9 Å².